The average molecular weight is 363 g/mol. The molecule has 6 heteroatoms. The highest BCUT2D eigenvalue weighted by Gasteiger charge is 2.12. The minimum atomic E-state index is -0.846. The first-order valence-corrected chi connectivity index (χ1v) is 6.93. The highest BCUT2D eigenvalue weighted by atomic mass is 79.9. The van der Waals surface area contributed by atoms with Gasteiger partial charge in [0, 0.05) is 16.1 Å². The number of rotatable bonds is 3. The van der Waals surface area contributed by atoms with Crippen molar-refractivity contribution in [3.05, 3.63) is 69.7 Å². The lowest BCUT2D eigenvalue weighted by Gasteiger charge is -2.06. The highest BCUT2D eigenvalue weighted by Crippen LogP contribution is 2.22. The molecule has 0 bridgehead atoms. The fourth-order valence-corrected chi connectivity index (χ4v) is 2.06. The van der Waals surface area contributed by atoms with Gasteiger partial charge in [-0.1, -0.05) is 12.1 Å². The fourth-order valence-electron chi connectivity index (χ4n) is 1.67. The van der Waals surface area contributed by atoms with Gasteiger partial charge in [-0.15, -0.1) is 0 Å². The number of carbonyl (C=O) groups is 1. The Morgan fingerprint density at radius 1 is 1.23 bits per heavy atom. The van der Waals surface area contributed by atoms with Gasteiger partial charge in [0.1, 0.15) is 23.3 Å². The molecule has 1 amide bonds. The van der Waals surface area contributed by atoms with Crippen molar-refractivity contribution in [1.29, 1.82) is 5.26 Å². The number of nitrogens with one attached hydrogen (secondary N) is 1. The molecule has 0 unspecified atom stereocenters. The summed E-state index contributed by atoms with van der Waals surface area (Å²) >= 11 is 3.26. The number of hydrogen-bond donors (Lipinski definition) is 1. The smallest absolute Gasteiger partial charge is 0.266 e. The van der Waals surface area contributed by atoms with Crippen molar-refractivity contribution >= 4 is 33.6 Å². The fraction of sp³-hybridized carbons (Fsp3) is 0. The zero-order chi connectivity index (χ0) is 16.1. The zero-order valence-corrected chi connectivity index (χ0v) is 12.7. The second kappa shape index (κ2) is 6.96. The van der Waals surface area contributed by atoms with Crippen molar-refractivity contribution < 1.29 is 13.6 Å². The quantitative estimate of drug-likeness (QED) is 0.654. The molecule has 2 aromatic carbocycles. The first-order valence-electron chi connectivity index (χ1n) is 6.14. The molecule has 0 spiro atoms. The number of hydrogen-bond acceptors (Lipinski definition) is 2. The summed E-state index contributed by atoms with van der Waals surface area (Å²) in [7, 11) is 0. The maximum atomic E-state index is 13.6. The molecule has 0 aliphatic rings. The molecule has 0 atom stereocenters. The molecule has 2 aromatic rings. The number of para-hydroxylation sites is 1. The van der Waals surface area contributed by atoms with Gasteiger partial charge < -0.3 is 5.32 Å². The summed E-state index contributed by atoms with van der Waals surface area (Å²) in [6, 6.07) is 11.5. The third-order valence-corrected chi connectivity index (χ3v) is 3.44. The molecule has 0 saturated carbocycles. The van der Waals surface area contributed by atoms with E-state index < -0.39 is 17.5 Å². The van der Waals surface area contributed by atoms with E-state index in [9.17, 15) is 13.6 Å². The Balaban J connectivity index is 2.28. The molecule has 0 aromatic heterocycles. The summed E-state index contributed by atoms with van der Waals surface area (Å²) in [5.74, 6) is -2.26. The van der Waals surface area contributed by atoms with E-state index in [2.05, 4.69) is 21.2 Å². The van der Waals surface area contributed by atoms with Gasteiger partial charge in [-0.05, 0) is 46.3 Å². The van der Waals surface area contributed by atoms with Crippen LogP contribution in [-0.2, 0) is 4.79 Å². The largest absolute Gasteiger partial charge is 0.320 e. The molecule has 110 valence electrons. The summed E-state index contributed by atoms with van der Waals surface area (Å²) in [5.41, 5.74) is 0.148. The van der Waals surface area contributed by atoms with Crippen LogP contribution in [0.3, 0.4) is 0 Å². The van der Waals surface area contributed by atoms with E-state index in [1.54, 1.807) is 30.3 Å². The van der Waals surface area contributed by atoms with Crippen LogP contribution in [0, 0.1) is 23.0 Å². The van der Waals surface area contributed by atoms with Gasteiger partial charge in [-0.2, -0.15) is 5.26 Å². The van der Waals surface area contributed by atoms with E-state index in [0.29, 0.717) is 16.2 Å². The Bertz CT molecular complexity index is 797. The number of amides is 1. The van der Waals surface area contributed by atoms with Crippen LogP contribution in [0.2, 0.25) is 0 Å². The molecule has 0 fully saturated rings. The van der Waals surface area contributed by atoms with E-state index in [1.807, 2.05) is 0 Å². The summed E-state index contributed by atoms with van der Waals surface area (Å²) in [6.45, 7) is 0. The lowest BCUT2D eigenvalue weighted by atomic mass is 10.1. The summed E-state index contributed by atoms with van der Waals surface area (Å²) < 4.78 is 27.1. The second-order valence-electron chi connectivity index (χ2n) is 4.27. The van der Waals surface area contributed by atoms with E-state index in [1.165, 1.54) is 0 Å². The number of benzene rings is 2. The number of nitriles is 1. The molecule has 1 N–H and O–H groups in total. The van der Waals surface area contributed by atoms with Crippen LogP contribution in [0.1, 0.15) is 5.56 Å². The van der Waals surface area contributed by atoms with Gasteiger partial charge >= 0.3 is 0 Å². The Labute approximate surface area is 134 Å². The molecule has 22 heavy (non-hydrogen) atoms. The van der Waals surface area contributed by atoms with Crippen LogP contribution >= 0.6 is 15.9 Å². The van der Waals surface area contributed by atoms with Crippen molar-refractivity contribution in [2.45, 2.75) is 0 Å². The van der Waals surface area contributed by atoms with Gasteiger partial charge in [0.15, 0.2) is 0 Å². The summed E-state index contributed by atoms with van der Waals surface area (Å²) in [5, 5.41) is 11.6. The third-order valence-electron chi connectivity index (χ3n) is 2.75. The molecule has 0 aliphatic carbocycles. The van der Waals surface area contributed by atoms with Crippen LogP contribution in [0.25, 0.3) is 6.08 Å². The zero-order valence-electron chi connectivity index (χ0n) is 11.1. The van der Waals surface area contributed by atoms with Gasteiger partial charge in [-0.25, -0.2) is 8.78 Å². The molecule has 2 rings (SSSR count). The predicted octanol–water partition coefficient (Wildman–Crippen LogP) is 4.27. The first-order chi connectivity index (χ1) is 10.5. The average Bonchev–Trinajstić information content (AvgIpc) is 2.49. The first kappa shape index (κ1) is 15.9. The van der Waals surface area contributed by atoms with Gasteiger partial charge in [0.05, 0.1) is 5.69 Å². The SMILES string of the molecule is N#C/C(=C\c1ccc(F)cc1F)C(=O)Nc1ccccc1Br. The van der Waals surface area contributed by atoms with Crippen molar-refractivity contribution in [3.63, 3.8) is 0 Å². The predicted molar refractivity (Wildman–Crippen MR) is 82.7 cm³/mol. The topological polar surface area (TPSA) is 52.9 Å². The molecule has 0 radical (unpaired) electrons. The van der Waals surface area contributed by atoms with Gasteiger partial charge in [-0.3, -0.25) is 4.79 Å². The van der Waals surface area contributed by atoms with Crippen LogP contribution in [-0.4, -0.2) is 5.91 Å². The van der Waals surface area contributed by atoms with E-state index >= 15 is 0 Å². The minimum Gasteiger partial charge on any atom is -0.320 e. The lowest BCUT2D eigenvalue weighted by Crippen LogP contribution is -2.13. The lowest BCUT2D eigenvalue weighted by molar-refractivity contribution is -0.112. The standard InChI is InChI=1S/C16H9BrF2N2O/c17-13-3-1-2-4-15(13)21-16(22)11(9-20)7-10-5-6-12(18)8-14(10)19/h1-8H,(H,21,22)/b11-7+. The molecule has 0 saturated heterocycles. The van der Waals surface area contributed by atoms with Gasteiger partial charge in [0.2, 0.25) is 0 Å². The number of nitrogens with zero attached hydrogens (tertiary/aromatic N) is 1. The molecular weight excluding hydrogens is 354 g/mol. The highest BCUT2D eigenvalue weighted by molar-refractivity contribution is 9.10. The van der Waals surface area contributed by atoms with Crippen molar-refractivity contribution in [1.82, 2.24) is 0 Å². The minimum absolute atomic E-state index is 0.0415. The summed E-state index contributed by atoms with van der Waals surface area (Å²) in [4.78, 5) is 12.1. The van der Waals surface area contributed by atoms with Crippen LogP contribution < -0.4 is 5.32 Å². The van der Waals surface area contributed by atoms with E-state index in [0.717, 1.165) is 18.2 Å². The normalized spacial score (nSPS) is 10.9. The molecule has 3 nitrogen and oxygen atoms in total. The second-order valence-corrected chi connectivity index (χ2v) is 5.12. The number of anilines is 1. The monoisotopic (exact) mass is 362 g/mol. The summed E-state index contributed by atoms with van der Waals surface area (Å²) in [6.07, 6.45) is 1.07. The maximum Gasteiger partial charge on any atom is 0.266 e. The van der Waals surface area contributed by atoms with E-state index in [-0.39, 0.29) is 11.1 Å². The Kier molecular flexibility index (Phi) is 5.02. The number of halogens is 3. The Morgan fingerprint density at radius 2 is 1.95 bits per heavy atom. The third kappa shape index (κ3) is 3.77. The van der Waals surface area contributed by atoms with Crippen LogP contribution in [0.15, 0.2) is 52.5 Å². The maximum absolute atomic E-state index is 13.6. The van der Waals surface area contributed by atoms with Gasteiger partial charge in [0.25, 0.3) is 5.91 Å². The van der Waals surface area contributed by atoms with Crippen LogP contribution in [0.5, 0.6) is 0 Å². The van der Waals surface area contributed by atoms with Crippen LogP contribution in [0.4, 0.5) is 14.5 Å². The van der Waals surface area contributed by atoms with Crippen molar-refractivity contribution in [2.24, 2.45) is 0 Å². The Hall–Kier alpha value is -2.52. The van der Waals surface area contributed by atoms with Crippen molar-refractivity contribution in [3.8, 4) is 6.07 Å². The number of carbonyl (C=O) groups excluding carboxylic acids is 1. The Morgan fingerprint density at radius 3 is 2.59 bits per heavy atom. The molecular formula is C16H9BrF2N2O. The molecule has 0 aliphatic heterocycles. The van der Waals surface area contributed by atoms with E-state index in [4.69, 9.17) is 5.26 Å². The van der Waals surface area contributed by atoms with Crippen molar-refractivity contribution in [2.75, 3.05) is 5.32 Å². The molecule has 0 heterocycles.